The first-order chi connectivity index (χ1) is 16.6. The minimum absolute atomic E-state index is 0. The van der Waals surface area contributed by atoms with Gasteiger partial charge in [0.1, 0.15) is 5.76 Å². The lowest BCUT2D eigenvalue weighted by Crippen LogP contribution is -2.39. The molecule has 2 aromatic carbocycles. The Morgan fingerprint density at radius 1 is 1.00 bits per heavy atom. The normalized spacial score (nSPS) is 19.9. The van der Waals surface area contributed by atoms with Crippen LogP contribution in [-0.4, -0.2) is 80.2 Å². The molecule has 1 unspecified atom stereocenters. The Morgan fingerprint density at radius 3 is 2.37 bits per heavy atom. The molecule has 1 N–H and O–H groups in total. The van der Waals surface area contributed by atoms with E-state index in [0.717, 1.165) is 19.6 Å². The summed E-state index contributed by atoms with van der Waals surface area (Å²) in [6, 6.07) is 13.3. The van der Waals surface area contributed by atoms with Crippen molar-refractivity contribution >= 4 is 17.4 Å². The summed E-state index contributed by atoms with van der Waals surface area (Å²) >= 11 is 0. The number of carbonyl (C=O) groups is 2. The highest BCUT2D eigenvalue weighted by atomic mass is 16.5. The van der Waals surface area contributed by atoms with E-state index >= 15 is 0 Å². The third kappa shape index (κ3) is 5.33. The lowest BCUT2D eigenvalue weighted by Gasteiger charge is -2.29. The molecule has 2 aliphatic rings. The number of amides is 1. The van der Waals surface area contributed by atoms with Gasteiger partial charge in [0.05, 0.1) is 39.0 Å². The average Bonchev–Trinajstić information content (AvgIpc) is 3.13. The molecule has 0 aromatic heterocycles. The van der Waals surface area contributed by atoms with Gasteiger partial charge in [0.15, 0.2) is 11.5 Å². The predicted octanol–water partition coefficient (Wildman–Crippen LogP) is 3.48. The van der Waals surface area contributed by atoms with E-state index < -0.39 is 17.7 Å². The minimum atomic E-state index is -0.796. The van der Waals surface area contributed by atoms with E-state index in [1.165, 1.54) is 19.1 Å². The van der Waals surface area contributed by atoms with Gasteiger partial charge in [-0.3, -0.25) is 14.5 Å². The minimum Gasteiger partial charge on any atom is -0.507 e. The number of methoxy groups -OCH3 is 2. The van der Waals surface area contributed by atoms with E-state index in [2.05, 4.69) is 4.90 Å². The van der Waals surface area contributed by atoms with Crippen LogP contribution in [0.4, 0.5) is 0 Å². The molecule has 0 aliphatic carbocycles. The van der Waals surface area contributed by atoms with Crippen molar-refractivity contribution in [2.45, 2.75) is 19.9 Å². The van der Waals surface area contributed by atoms with Crippen LogP contribution >= 0.6 is 0 Å². The smallest absolute Gasteiger partial charge is 0.295 e. The number of benzene rings is 2. The molecule has 188 valence electrons. The van der Waals surface area contributed by atoms with Crippen LogP contribution in [0.2, 0.25) is 0 Å². The maximum absolute atomic E-state index is 13.2. The van der Waals surface area contributed by atoms with Crippen LogP contribution in [-0.2, 0) is 14.3 Å². The number of rotatable bonds is 8. The summed E-state index contributed by atoms with van der Waals surface area (Å²) in [6.07, 6.45) is 0.682. The van der Waals surface area contributed by atoms with Crippen molar-refractivity contribution in [3.63, 3.8) is 0 Å². The fraction of sp³-hybridized carbons (Fsp3) is 0.407. The first-order valence-electron chi connectivity index (χ1n) is 11.4. The molecule has 2 aliphatic heterocycles. The summed E-state index contributed by atoms with van der Waals surface area (Å²) in [7, 11) is 3.05. The van der Waals surface area contributed by atoms with E-state index in [0.29, 0.717) is 48.8 Å². The Kier molecular flexibility index (Phi) is 8.89. The van der Waals surface area contributed by atoms with Crippen LogP contribution in [0.1, 0.15) is 31.0 Å². The van der Waals surface area contributed by atoms with Crippen molar-refractivity contribution < 1.29 is 28.9 Å². The monoisotopic (exact) mass is 482 g/mol. The van der Waals surface area contributed by atoms with Crippen molar-refractivity contribution in [3.8, 4) is 11.5 Å². The number of morpholine rings is 1. The van der Waals surface area contributed by atoms with Gasteiger partial charge in [-0.1, -0.05) is 49.9 Å². The van der Waals surface area contributed by atoms with Crippen molar-refractivity contribution in [1.29, 1.82) is 0 Å². The number of nitrogens with zero attached hydrogens (tertiary/aromatic N) is 2. The van der Waals surface area contributed by atoms with Gasteiger partial charge in [0, 0.05) is 37.3 Å². The van der Waals surface area contributed by atoms with Crippen molar-refractivity contribution in [2.24, 2.45) is 0 Å². The van der Waals surface area contributed by atoms with Crippen molar-refractivity contribution in [1.82, 2.24) is 9.80 Å². The Balaban J connectivity index is 0.00000342. The van der Waals surface area contributed by atoms with Crippen molar-refractivity contribution in [2.75, 3.05) is 53.6 Å². The maximum Gasteiger partial charge on any atom is 0.295 e. The summed E-state index contributed by atoms with van der Waals surface area (Å²) in [4.78, 5) is 30.2. The number of hydrogen-bond donors (Lipinski definition) is 1. The second-order valence-electron chi connectivity index (χ2n) is 8.25. The van der Waals surface area contributed by atoms with Crippen LogP contribution in [0.15, 0.2) is 54.1 Å². The molecule has 35 heavy (non-hydrogen) atoms. The SMILES string of the molecule is C.COc1cccc(C2C(=C(O)c3ccccc3)C(=O)C(=O)N2CCCN2CCOCC2)c1OC. The molecule has 0 radical (unpaired) electrons. The number of aliphatic hydroxyl groups is 1. The molecule has 1 atom stereocenters. The van der Waals surface area contributed by atoms with Gasteiger partial charge < -0.3 is 24.2 Å². The van der Waals surface area contributed by atoms with Gasteiger partial charge in [-0.25, -0.2) is 0 Å². The van der Waals surface area contributed by atoms with Gasteiger partial charge in [-0.2, -0.15) is 0 Å². The molecule has 2 saturated heterocycles. The molecule has 2 fully saturated rings. The highest BCUT2D eigenvalue weighted by molar-refractivity contribution is 6.46. The highest BCUT2D eigenvalue weighted by Crippen LogP contribution is 2.45. The Hall–Kier alpha value is -3.36. The molecule has 0 bridgehead atoms. The van der Waals surface area contributed by atoms with Gasteiger partial charge in [-0.15, -0.1) is 0 Å². The van der Waals surface area contributed by atoms with E-state index in [1.807, 2.05) is 6.07 Å². The summed E-state index contributed by atoms with van der Waals surface area (Å²) < 4.78 is 16.5. The van der Waals surface area contributed by atoms with Crippen LogP contribution in [0, 0.1) is 0 Å². The molecular weight excluding hydrogens is 448 g/mol. The molecule has 8 heteroatoms. The standard InChI is InChI=1S/C26H30N2O6.CH4/c1-32-20-11-6-10-19(25(20)33-2)22-21(23(29)18-8-4-3-5-9-18)24(30)26(31)28(22)13-7-12-27-14-16-34-17-15-27;/h3-6,8-11,22,29H,7,12-17H2,1-2H3;1H4. The first-order valence-corrected chi connectivity index (χ1v) is 11.4. The van der Waals surface area contributed by atoms with E-state index in [1.54, 1.807) is 42.5 Å². The Labute approximate surface area is 206 Å². The van der Waals surface area contributed by atoms with Crippen LogP contribution < -0.4 is 9.47 Å². The van der Waals surface area contributed by atoms with Crippen LogP contribution in [0.25, 0.3) is 5.76 Å². The fourth-order valence-corrected chi connectivity index (χ4v) is 4.60. The second kappa shape index (κ2) is 11.9. The lowest BCUT2D eigenvalue weighted by molar-refractivity contribution is -0.140. The molecular formula is C27H34N2O6. The van der Waals surface area contributed by atoms with Crippen LogP contribution in [0.5, 0.6) is 11.5 Å². The molecule has 0 saturated carbocycles. The van der Waals surface area contributed by atoms with Gasteiger partial charge in [0.25, 0.3) is 11.7 Å². The number of ether oxygens (including phenoxy) is 3. The number of carbonyl (C=O) groups excluding carboxylic acids is 2. The Bertz CT molecular complexity index is 1060. The third-order valence-corrected chi connectivity index (χ3v) is 6.29. The molecule has 2 aromatic rings. The molecule has 0 spiro atoms. The van der Waals surface area contributed by atoms with E-state index in [4.69, 9.17) is 14.2 Å². The fourth-order valence-electron chi connectivity index (χ4n) is 4.60. The summed E-state index contributed by atoms with van der Waals surface area (Å²) in [6.45, 7) is 4.23. The topological polar surface area (TPSA) is 88.5 Å². The van der Waals surface area contributed by atoms with E-state index in [-0.39, 0.29) is 18.8 Å². The zero-order valence-electron chi connectivity index (χ0n) is 19.5. The number of likely N-dealkylation sites (tertiary alicyclic amines) is 1. The van der Waals surface area contributed by atoms with Crippen molar-refractivity contribution in [3.05, 3.63) is 65.2 Å². The summed E-state index contributed by atoms with van der Waals surface area (Å²) in [5.41, 5.74) is 1.11. The van der Waals surface area contributed by atoms with Gasteiger partial charge in [0.2, 0.25) is 0 Å². The maximum atomic E-state index is 13.2. The molecule has 8 nitrogen and oxygen atoms in total. The number of ketones is 1. The first kappa shape index (κ1) is 26.2. The zero-order chi connectivity index (χ0) is 24.1. The highest BCUT2D eigenvalue weighted by Gasteiger charge is 2.47. The van der Waals surface area contributed by atoms with Gasteiger partial charge in [-0.05, 0) is 12.5 Å². The summed E-state index contributed by atoms with van der Waals surface area (Å²) in [5.74, 6) is -0.630. The number of hydrogen-bond acceptors (Lipinski definition) is 7. The van der Waals surface area contributed by atoms with E-state index in [9.17, 15) is 14.7 Å². The number of aliphatic hydroxyl groups excluding tert-OH is 1. The molecule has 1 amide bonds. The van der Waals surface area contributed by atoms with Crippen LogP contribution in [0.3, 0.4) is 0 Å². The lowest BCUT2D eigenvalue weighted by atomic mass is 9.94. The van der Waals surface area contributed by atoms with Gasteiger partial charge >= 0.3 is 0 Å². The number of para-hydroxylation sites is 1. The third-order valence-electron chi connectivity index (χ3n) is 6.29. The zero-order valence-corrected chi connectivity index (χ0v) is 19.5. The average molecular weight is 483 g/mol. The Morgan fingerprint density at radius 2 is 1.71 bits per heavy atom. The summed E-state index contributed by atoms with van der Waals surface area (Å²) in [5, 5.41) is 11.2. The number of Topliss-reactive ketones (excluding diaryl/α,β-unsaturated/α-hetero) is 1. The predicted molar refractivity (Wildman–Crippen MR) is 134 cm³/mol. The quantitative estimate of drug-likeness (QED) is 0.350. The molecule has 2 heterocycles. The largest absolute Gasteiger partial charge is 0.507 e. The molecule has 4 rings (SSSR count). The second-order valence-corrected chi connectivity index (χ2v) is 8.25.